The van der Waals surface area contributed by atoms with E-state index in [9.17, 15) is 4.39 Å². The van der Waals surface area contributed by atoms with E-state index in [2.05, 4.69) is 20.9 Å². The van der Waals surface area contributed by atoms with Gasteiger partial charge in [-0.2, -0.15) is 0 Å². The lowest BCUT2D eigenvalue weighted by atomic mass is 10.1. The normalized spacial score (nSPS) is 10.9. The van der Waals surface area contributed by atoms with Crippen LogP contribution in [0.15, 0.2) is 46.9 Å². The number of thiazole rings is 1. The predicted molar refractivity (Wildman–Crippen MR) is 90.4 cm³/mol. The molecule has 3 rings (SSSR count). The van der Waals surface area contributed by atoms with E-state index in [0.717, 1.165) is 20.6 Å². The third-order valence-corrected chi connectivity index (χ3v) is 4.79. The topological polar surface area (TPSA) is 12.9 Å². The average molecular weight is 383 g/mol. The Labute approximate surface area is 139 Å². The van der Waals surface area contributed by atoms with Gasteiger partial charge in [0.05, 0.1) is 5.69 Å². The lowest BCUT2D eigenvalue weighted by Gasteiger charge is -2.00. The van der Waals surface area contributed by atoms with Gasteiger partial charge >= 0.3 is 0 Å². The van der Waals surface area contributed by atoms with Crippen molar-refractivity contribution in [3.05, 3.63) is 62.7 Å². The third kappa shape index (κ3) is 3.03. The molecule has 0 unspecified atom stereocenters. The van der Waals surface area contributed by atoms with Crippen LogP contribution in [0, 0.1) is 12.7 Å². The third-order valence-electron chi connectivity index (χ3n) is 3.06. The Morgan fingerprint density at radius 2 is 2.00 bits per heavy atom. The summed E-state index contributed by atoms with van der Waals surface area (Å²) in [6.07, 6.45) is 0. The van der Waals surface area contributed by atoms with Crippen molar-refractivity contribution in [2.24, 2.45) is 0 Å². The Balaban J connectivity index is 2.09. The number of nitrogens with zero attached hydrogens (tertiary/aromatic N) is 1. The van der Waals surface area contributed by atoms with Gasteiger partial charge in [0.2, 0.25) is 0 Å². The Morgan fingerprint density at radius 3 is 2.71 bits per heavy atom. The molecule has 0 fully saturated rings. The first-order valence-corrected chi connectivity index (χ1v) is 8.22. The van der Waals surface area contributed by atoms with Gasteiger partial charge in [-0.1, -0.05) is 39.7 Å². The molecule has 1 aromatic heterocycles. The van der Waals surface area contributed by atoms with Gasteiger partial charge in [-0.15, -0.1) is 11.3 Å². The van der Waals surface area contributed by atoms with Crippen molar-refractivity contribution in [3.63, 3.8) is 0 Å². The quantitative estimate of drug-likeness (QED) is 0.504. The second kappa shape index (κ2) is 5.87. The van der Waals surface area contributed by atoms with Gasteiger partial charge in [0, 0.05) is 25.5 Å². The number of hydrogen-bond donors (Lipinski definition) is 0. The maximum absolute atomic E-state index is 14.0. The number of rotatable bonds is 2. The molecule has 0 saturated heterocycles. The molecule has 2 aromatic carbocycles. The zero-order chi connectivity index (χ0) is 15.0. The van der Waals surface area contributed by atoms with Crippen LogP contribution in [-0.4, -0.2) is 4.98 Å². The van der Waals surface area contributed by atoms with Crippen LogP contribution in [0.3, 0.4) is 0 Å². The monoisotopic (exact) mass is 381 g/mol. The van der Waals surface area contributed by atoms with Gasteiger partial charge in [-0.05, 0) is 37.3 Å². The van der Waals surface area contributed by atoms with Crippen molar-refractivity contribution in [1.29, 1.82) is 0 Å². The maximum atomic E-state index is 14.0. The molecule has 3 aromatic rings. The fraction of sp³-hybridized carbons (Fsp3) is 0.0625. The van der Waals surface area contributed by atoms with E-state index < -0.39 is 0 Å². The average Bonchev–Trinajstić information content (AvgIpc) is 2.80. The SMILES string of the molecule is Cc1sc(-c2ccc(Cl)cc2F)nc1-c1cccc(Br)c1. The second-order valence-corrected chi connectivity index (χ2v) is 7.11. The molecule has 21 heavy (non-hydrogen) atoms. The summed E-state index contributed by atoms with van der Waals surface area (Å²) in [5.74, 6) is -0.350. The standard InChI is InChI=1S/C16H10BrClFNS/c1-9-15(10-3-2-4-11(17)7-10)20-16(21-9)13-6-5-12(18)8-14(13)19/h2-8H,1H3. The number of aromatic nitrogens is 1. The van der Waals surface area contributed by atoms with Gasteiger partial charge in [-0.3, -0.25) is 0 Å². The molecule has 5 heteroatoms. The fourth-order valence-corrected chi connectivity index (χ4v) is 3.60. The lowest BCUT2D eigenvalue weighted by Crippen LogP contribution is -1.84. The van der Waals surface area contributed by atoms with Crippen LogP contribution >= 0.6 is 38.9 Å². The smallest absolute Gasteiger partial charge is 0.134 e. The molecular weight excluding hydrogens is 373 g/mol. The predicted octanol–water partition coefficient (Wildman–Crippen LogP) is 6.34. The highest BCUT2D eigenvalue weighted by Crippen LogP contribution is 2.35. The Hall–Kier alpha value is -1.23. The van der Waals surface area contributed by atoms with Gasteiger partial charge in [0.1, 0.15) is 10.8 Å². The Morgan fingerprint density at radius 1 is 1.19 bits per heavy atom. The molecule has 0 bridgehead atoms. The molecule has 0 amide bonds. The summed E-state index contributed by atoms with van der Waals surface area (Å²) in [6, 6.07) is 12.6. The number of halogens is 3. The molecule has 0 saturated carbocycles. The van der Waals surface area contributed by atoms with E-state index in [1.165, 1.54) is 17.4 Å². The summed E-state index contributed by atoms with van der Waals surface area (Å²) >= 11 is 10.7. The zero-order valence-corrected chi connectivity index (χ0v) is 14.2. The summed E-state index contributed by atoms with van der Waals surface area (Å²) in [6.45, 7) is 1.99. The van der Waals surface area contributed by atoms with E-state index in [0.29, 0.717) is 15.6 Å². The highest BCUT2D eigenvalue weighted by atomic mass is 79.9. The van der Waals surface area contributed by atoms with E-state index in [4.69, 9.17) is 11.6 Å². The minimum absolute atomic E-state index is 0.350. The van der Waals surface area contributed by atoms with Crippen LogP contribution in [0.4, 0.5) is 4.39 Å². The molecule has 106 valence electrons. The minimum Gasteiger partial charge on any atom is -0.236 e. The van der Waals surface area contributed by atoms with Crippen LogP contribution < -0.4 is 0 Å². The van der Waals surface area contributed by atoms with E-state index in [1.54, 1.807) is 12.1 Å². The maximum Gasteiger partial charge on any atom is 0.134 e. The Bertz CT molecular complexity index is 816. The molecule has 1 nitrogen and oxygen atoms in total. The van der Waals surface area contributed by atoms with Crippen molar-refractivity contribution < 1.29 is 4.39 Å². The van der Waals surface area contributed by atoms with Crippen LogP contribution in [0.2, 0.25) is 5.02 Å². The van der Waals surface area contributed by atoms with E-state index in [-0.39, 0.29) is 5.82 Å². The van der Waals surface area contributed by atoms with Gasteiger partial charge in [-0.25, -0.2) is 9.37 Å². The molecule has 1 heterocycles. The van der Waals surface area contributed by atoms with Crippen molar-refractivity contribution in [1.82, 2.24) is 4.98 Å². The number of benzene rings is 2. The van der Waals surface area contributed by atoms with Crippen LogP contribution in [-0.2, 0) is 0 Å². The molecule has 0 radical (unpaired) electrons. The molecule has 0 aliphatic carbocycles. The van der Waals surface area contributed by atoms with Crippen molar-refractivity contribution in [3.8, 4) is 21.8 Å². The summed E-state index contributed by atoms with van der Waals surface area (Å²) < 4.78 is 15.0. The fourth-order valence-electron chi connectivity index (χ4n) is 2.08. The highest BCUT2D eigenvalue weighted by molar-refractivity contribution is 9.10. The van der Waals surface area contributed by atoms with Gasteiger partial charge in [0.15, 0.2) is 0 Å². The summed E-state index contributed by atoms with van der Waals surface area (Å²) in [5, 5.41) is 1.05. The van der Waals surface area contributed by atoms with Crippen molar-refractivity contribution in [2.75, 3.05) is 0 Å². The van der Waals surface area contributed by atoms with Crippen LogP contribution in [0.1, 0.15) is 4.88 Å². The van der Waals surface area contributed by atoms with Crippen molar-refractivity contribution in [2.45, 2.75) is 6.92 Å². The summed E-state index contributed by atoms with van der Waals surface area (Å²) in [5.41, 5.74) is 2.37. The molecule has 0 aliphatic rings. The molecule has 0 atom stereocenters. The number of aryl methyl sites for hydroxylation is 1. The van der Waals surface area contributed by atoms with E-state index in [1.807, 2.05) is 31.2 Å². The highest BCUT2D eigenvalue weighted by Gasteiger charge is 2.14. The van der Waals surface area contributed by atoms with E-state index >= 15 is 0 Å². The Kier molecular flexibility index (Phi) is 4.11. The van der Waals surface area contributed by atoms with Gasteiger partial charge in [0.25, 0.3) is 0 Å². The lowest BCUT2D eigenvalue weighted by molar-refractivity contribution is 0.631. The first kappa shape index (κ1) is 14.7. The zero-order valence-electron chi connectivity index (χ0n) is 11.0. The van der Waals surface area contributed by atoms with Gasteiger partial charge < -0.3 is 0 Å². The molecule has 0 aliphatic heterocycles. The second-order valence-electron chi connectivity index (χ2n) is 4.56. The molecule has 0 N–H and O–H groups in total. The first-order chi connectivity index (χ1) is 10.0. The largest absolute Gasteiger partial charge is 0.236 e. The minimum atomic E-state index is -0.350. The summed E-state index contributed by atoms with van der Waals surface area (Å²) in [4.78, 5) is 5.65. The molecular formula is C16H10BrClFNS. The first-order valence-electron chi connectivity index (χ1n) is 6.23. The summed E-state index contributed by atoms with van der Waals surface area (Å²) in [7, 11) is 0. The van der Waals surface area contributed by atoms with Crippen LogP contribution in [0.5, 0.6) is 0 Å². The van der Waals surface area contributed by atoms with Crippen LogP contribution in [0.25, 0.3) is 21.8 Å². The molecule has 0 spiro atoms. The number of hydrogen-bond acceptors (Lipinski definition) is 2. The van der Waals surface area contributed by atoms with Crippen molar-refractivity contribution >= 4 is 38.9 Å².